The summed E-state index contributed by atoms with van der Waals surface area (Å²) < 4.78 is 23.4. The van der Waals surface area contributed by atoms with Crippen LogP contribution in [0.5, 0.6) is 0 Å². The van der Waals surface area contributed by atoms with Crippen LogP contribution < -0.4 is 5.32 Å². The minimum absolute atomic E-state index is 0.0410. The number of rotatable bonds is 10. The fourth-order valence-corrected chi connectivity index (χ4v) is 4.67. The quantitative estimate of drug-likeness (QED) is 0.284. The number of fused-ring (bicyclic) bond motifs is 1. The summed E-state index contributed by atoms with van der Waals surface area (Å²) in [5, 5.41) is 2.89. The number of imide groups is 2. The highest BCUT2D eigenvalue weighted by Gasteiger charge is 2.45. The van der Waals surface area contributed by atoms with Crippen molar-refractivity contribution in [1.82, 2.24) is 10.2 Å². The Morgan fingerprint density at radius 3 is 2.50 bits per heavy atom. The Morgan fingerprint density at radius 1 is 1.07 bits per heavy atom. The first-order chi connectivity index (χ1) is 14.5. The highest BCUT2D eigenvalue weighted by molar-refractivity contribution is 9.09. The maximum Gasteiger partial charge on any atom is 0.263 e. The van der Waals surface area contributed by atoms with Crippen LogP contribution in [0.25, 0.3) is 0 Å². The van der Waals surface area contributed by atoms with Gasteiger partial charge in [-0.15, -0.1) is 0 Å². The molecule has 162 valence electrons. The zero-order valence-corrected chi connectivity index (χ0v) is 18.5. The number of carbonyl (C=O) groups is 4. The zero-order chi connectivity index (χ0) is 21.7. The van der Waals surface area contributed by atoms with E-state index >= 15 is 0 Å². The number of alkyl halides is 1. The molecule has 30 heavy (non-hydrogen) atoms. The van der Waals surface area contributed by atoms with E-state index in [0.29, 0.717) is 19.8 Å². The second-order valence-corrected chi connectivity index (χ2v) is 8.92. The van der Waals surface area contributed by atoms with Crippen LogP contribution in [0, 0.1) is 0 Å². The van der Waals surface area contributed by atoms with Crippen molar-refractivity contribution in [3.8, 4) is 0 Å². The molecule has 2 heterocycles. The molecule has 2 aliphatic heterocycles. The van der Waals surface area contributed by atoms with Crippen LogP contribution in [-0.2, 0) is 29.9 Å². The number of ether oxygens (including phenoxy) is 2. The fraction of sp³-hybridized carbons (Fsp3) is 0.474. The first-order valence-corrected chi connectivity index (χ1v) is 11.8. The Labute approximate surface area is 184 Å². The molecule has 1 aromatic rings. The summed E-state index contributed by atoms with van der Waals surface area (Å²) in [6, 6.07) is 3.51. The molecular formula is C19H21BrN2O7S. The number of nitrogens with one attached hydrogen (secondary N) is 1. The molecule has 0 saturated carbocycles. The van der Waals surface area contributed by atoms with Crippen molar-refractivity contribution in [3.63, 3.8) is 0 Å². The summed E-state index contributed by atoms with van der Waals surface area (Å²) in [5.74, 6) is -2.26. The molecule has 0 aliphatic carbocycles. The fourth-order valence-electron chi connectivity index (χ4n) is 3.29. The van der Waals surface area contributed by atoms with E-state index in [9.17, 15) is 23.4 Å². The van der Waals surface area contributed by atoms with Gasteiger partial charge >= 0.3 is 0 Å². The van der Waals surface area contributed by atoms with E-state index in [1.165, 1.54) is 12.1 Å². The monoisotopic (exact) mass is 500 g/mol. The average molecular weight is 501 g/mol. The van der Waals surface area contributed by atoms with Gasteiger partial charge in [0.1, 0.15) is 6.04 Å². The molecule has 1 N–H and O–H groups in total. The topological polar surface area (TPSA) is 119 Å². The first-order valence-electron chi connectivity index (χ1n) is 9.40. The molecule has 0 bridgehead atoms. The molecule has 1 fully saturated rings. The smallest absolute Gasteiger partial charge is 0.263 e. The Morgan fingerprint density at radius 2 is 1.80 bits per heavy atom. The van der Waals surface area contributed by atoms with Crippen LogP contribution in [0.1, 0.15) is 33.6 Å². The van der Waals surface area contributed by atoms with E-state index in [2.05, 4.69) is 21.2 Å². The molecule has 9 nitrogen and oxygen atoms in total. The lowest BCUT2D eigenvalue weighted by atomic mass is 10.0. The number of hydrogen-bond acceptors (Lipinski definition) is 7. The number of halogens is 1. The molecule has 2 atom stereocenters. The van der Waals surface area contributed by atoms with Gasteiger partial charge in [-0.25, -0.2) is 0 Å². The molecule has 2 aliphatic rings. The Kier molecular flexibility index (Phi) is 7.87. The van der Waals surface area contributed by atoms with Crippen LogP contribution in [0.15, 0.2) is 23.1 Å². The lowest BCUT2D eigenvalue weighted by Crippen LogP contribution is -2.54. The molecule has 1 aromatic carbocycles. The van der Waals surface area contributed by atoms with Gasteiger partial charge in [-0.1, -0.05) is 22.0 Å². The molecule has 3 rings (SSSR count). The normalized spacial score (nSPS) is 19.8. The maximum atomic E-state index is 13.0. The molecular weight excluding hydrogens is 480 g/mol. The van der Waals surface area contributed by atoms with E-state index in [1.807, 2.05) is 0 Å². The van der Waals surface area contributed by atoms with Gasteiger partial charge in [0.2, 0.25) is 11.8 Å². The minimum atomic E-state index is -1.57. The minimum Gasteiger partial charge on any atom is -0.378 e. The van der Waals surface area contributed by atoms with Gasteiger partial charge in [-0.05, 0) is 18.6 Å². The van der Waals surface area contributed by atoms with Crippen LogP contribution in [-0.4, -0.2) is 76.3 Å². The molecule has 11 heteroatoms. The summed E-state index contributed by atoms with van der Waals surface area (Å²) in [6.07, 6.45) is 0.110. The number of hydrogen-bond donors (Lipinski definition) is 1. The molecule has 2 unspecified atom stereocenters. The van der Waals surface area contributed by atoms with Crippen molar-refractivity contribution >= 4 is 50.4 Å². The van der Waals surface area contributed by atoms with Crippen LogP contribution >= 0.6 is 15.9 Å². The summed E-state index contributed by atoms with van der Waals surface area (Å²) >= 11 is 3.25. The SMILES string of the molecule is O=C1CCC(N2C(=O)c3cccc(S(=O)CCOCCOCCBr)c3C2=O)C(=O)N1. The molecule has 1 saturated heterocycles. The van der Waals surface area contributed by atoms with Crippen molar-refractivity contribution in [3.05, 3.63) is 29.3 Å². The van der Waals surface area contributed by atoms with E-state index in [4.69, 9.17) is 9.47 Å². The number of amides is 4. The van der Waals surface area contributed by atoms with Gasteiger partial charge in [-0.3, -0.25) is 33.6 Å². The van der Waals surface area contributed by atoms with Crippen LogP contribution in [0.4, 0.5) is 0 Å². The van der Waals surface area contributed by atoms with Crippen molar-refractivity contribution in [1.29, 1.82) is 0 Å². The Bertz CT molecular complexity index is 892. The second-order valence-electron chi connectivity index (χ2n) is 6.59. The van der Waals surface area contributed by atoms with Crippen LogP contribution in [0.2, 0.25) is 0 Å². The van der Waals surface area contributed by atoms with Gasteiger partial charge in [0.25, 0.3) is 11.8 Å². The molecule has 0 aromatic heterocycles. The highest BCUT2D eigenvalue weighted by Crippen LogP contribution is 2.31. The van der Waals surface area contributed by atoms with E-state index in [0.717, 1.165) is 10.2 Å². The van der Waals surface area contributed by atoms with Gasteiger partial charge in [-0.2, -0.15) is 0 Å². The van der Waals surface area contributed by atoms with E-state index < -0.39 is 40.5 Å². The third-order valence-corrected chi connectivity index (χ3v) is 6.37. The third kappa shape index (κ3) is 4.85. The van der Waals surface area contributed by atoms with Gasteiger partial charge in [0.15, 0.2) is 0 Å². The van der Waals surface area contributed by atoms with Gasteiger partial charge < -0.3 is 9.47 Å². The number of piperidine rings is 1. The largest absolute Gasteiger partial charge is 0.378 e. The van der Waals surface area contributed by atoms with Gasteiger partial charge in [0, 0.05) is 11.8 Å². The van der Waals surface area contributed by atoms with Crippen molar-refractivity contribution in [2.24, 2.45) is 0 Å². The first kappa shape index (κ1) is 22.7. The summed E-state index contributed by atoms with van der Waals surface area (Å²) in [5.41, 5.74) is 0.158. The number of carbonyl (C=O) groups excluding carboxylic acids is 4. The second kappa shape index (κ2) is 10.4. The van der Waals surface area contributed by atoms with Crippen LogP contribution in [0.3, 0.4) is 0 Å². The highest BCUT2D eigenvalue weighted by atomic mass is 79.9. The van der Waals surface area contributed by atoms with E-state index in [-0.39, 0.29) is 41.2 Å². The molecule has 4 amide bonds. The number of benzene rings is 1. The lowest BCUT2D eigenvalue weighted by molar-refractivity contribution is -0.136. The van der Waals surface area contributed by atoms with E-state index in [1.54, 1.807) is 6.07 Å². The third-order valence-electron chi connectivity index (χ3n) is 4.68. The number of nitrogens with zero attached hydrogens (tertiary/aromatic N) is 1. The summed E-state index contributed by atoms with van der Waals surface area (Å²) in [7, 11) is -1.57. The van der Waals surface area contributed by atoms with Crippen molar-refractivity contribution in [2.75, 3.05) is 37.5 Å². The predicted molar refractivity (Wildman–Crippen MR) is 110 cm³/mol. The standard InChI is InChI=1S/C19H21BrN2O7S/c20-6-7-28-8-9-29-10-11-30(27)14-3-1-2-12-16(14)19(26)22(18(12)25)13-4-5-15(23)21-17(13)24/h1-3,13H,4-11H2,(H,21,23,24). The average Bonchev–Trinajstić information content (AvgIpc) is 2.98. The molecule has 0 spiro atoms. The molecule has 0 radical (unpaired) electrons. The predicted octanol–water partition coefficient (Wildman–Crippen LogP) is 0.623. The van der Waals surface area contributed by atoms with Gasteiger partial charge in [0.05, 0.1) is 59.0 Å². The Balaban J connectivity index is 1.68. The Hall–Kier alpha value is -1.95. The van der Waals surface area contributed by atoms with Crippen molar-refractivity contribution in [2.45, 2.75) is 23.8 Å². The maximum absolute atomic E-state index is 13.0. The lowest BCUT2D eigenvalue weighted by Gasteiger charge is -2.27. The van der Waals surface area contributed by atoms with Crippen molar-refractivity contribution < 1.29 is 32.9 Å². The zero-order valence-electron chi connectivity index (χ0n) is 16.1. The summed E-state index contributed by atoms with van der Waals surface area (Å²) in [4.78, 5) is 50.4. The summed E-state index contributed by atoms with van der Waals surface area (Å²) in [6.45, 7) is 1.56.